The molecule has 2 atom stereocenters. The maximum absolute atomic E-state index is 6.09. The third-order valence-electron chi connectivity index (χ3n) is 5.99. The number of ether oxygens (including phenoxy) is 1. The van der Waals surface area contributed by atoms with E-state index in [1.165, 1.54) is 16.7 Å². The third kappa shape index (κ3) is 4.57. The zero-order chi connectivity index (χ0) is 21.8. The van der Waals surface area contributed by atoms with Gasteiger partial charge in [-0.15, -0.1) is 13.2 Å². The molecule has 0 saturated heterocycles. The summed E-state index contributed by atoms with van der Waals surface area (Å²) in [4.78, 5) is 7.37. The van der Waals surface area contributed by atoms with E-state index < -0.39 is 0 Å². The van der Waals surface area contributed by atoms with E-state index in [4.69, 9.17) is 9.73 Å². The van der Waals surface area contributed by atoms with Gasteiger partial charge in [0.25, 0.3) is 0 Å². The standard InChI is InChI=1S/C28H32N2O/c1-5-16-30(17-6-2)26-22(18-21-12-8-7-9-13-21)19-25(23-14-10-11-15-24(23)26)27-29-28(3,4)20-31-27/h5-15,19,22,26H,1-2,16-18,20H2,3-4H3/t22-,26+/m0/s1. The Labute approximate surface area is 186 Å². The molecule has 0 spiro atoms. The molecule has 160 valence electrons. The van der Waals surface area contributed by atoms with Crippen molar-refractivity contribution in [2.75, 3.05) is 19.7 Å². The van der Waals surface area contributed by atoms with E-state index in [2.05, 4.69) is 92.6 Å². The Morgan fingerprint density at radius 2 is 1.71 bits per heavy atom. The Morgan fingerprint density at radius 1 is 1.03 bits per heavy atom. The smallest absolute Gasteiger partial charge is 0.217 e. The van der Waals surface area contributed by atoms with Crippen LogP contribution in [0, 0.1) is 5.92 Å². The lowest BCUT2D eigenvalue weighted by Gasteiger charge is -2.39. The molecule has 31 heavy (non-hydrogen) atoms. The van der Waals surface area contributed by atoms with Crippen LogP contribution in [0.1, 0.15) is 36.6 Å². The molecule has 0 amide bonds. The molecule has 3 nitrogen and oxygen atoms in total. The Morgan fingerprint density at radius 3 is 2.35 bits per heavy atom. The second-order valence-corrected chi connectivity index (χ2v) is 9.02. The third-order valence-corrected chi connectivity index (χ3v) is 5.99. The van der Waals surface area contributed by atoms with Crippen molar-refractivity contribution >= 4 is 11.5 Å². The van der Waals surface area contributed by atoms with E-state index >= 15 is 0 Å². The minimum atomic E-state index is -0.186. The average Bonchev–Trinajstić information content (AvgIpc) is 3.13. The second kappa shape index (κ2) is 9.07. The molecule has 0 saturated carbocycles. The van der Waals surface area contributed by atoms with Gasteiger partial charge in [0, 0.05) is 30.6 Å². The van der Waals surface area contributed by atoms with Gasteiger partial charge in [-0.3, -0.25) is 4.90 Å². The fraction of sp³-hybridized carbons (Fsp3) is 0.321. The molecule has 0 N–H and O–H groups in total. The highest BCUT2D eigenvalue weighted by Crippen LogP contribution is 2.43. The second-order valence-electron chi connectivity index (χ2n) is 9.02. The van der Waals surface area contributed by atoms with Gasteiger partial charge in [0.15, 0.2) is 0 Å². The SMILES string of the molecule is C=CCN(CC=C)[C@H]1c2ccccc2C(C2=NC(C)(C)CO2)=C[C@@H]1Cc1ccccc1. The van der Waals surface area contributed by atoms with Crippen LogP contribution < -0.4 is 0 Å². The first-order valence-electron chi connectivity index (χ1n) is 11.1. The van der Waals surface area contributed by atoms with Crippen molar-refractivity contribution in [2.45, 2.75) is 31.8 Å². The van der Waals surface area contributed by atoms with Crippen LogP contribution in [-0.2, 0) is 11.2 Å². The monoisotopic (exact) mass is 412 g/mol. The number of benzene rings is 2. The number of rotatable bonds is 8. The number of fused-ring (bicyclic) bond motifs is 1. The summed E-state index contributed by atoms with van der Waals surface area (Å²) in [7, 11) is 0. The minimum absolute atomic E-state index is 0.186. The van der Waals surface area contributed by atoms with Crippen molar-refractivity contribution in [3.63, 3.8) is 0 Å². The summed E-state index contributed by atoms with van der Waals surface area (Å²) in [6.07, 6.45) is 7.30. The van der Waals surface area contributed by atoms with Gasteiger partial charge in [-0.05, 0) is 37.0 Å². The molecular formula is C28H32N2O. The molecule has 3 heteroatoms. The van der Waals surface area contributed by atoms with Crippen molar-refractivity contribution in [2.24, 2.45) is 10.9 Å². The molecule has 1 aliphatic heterocycles. The molecule has 0 aromatic heterocycles. The predicted molar refractivity (Wildman–Crippen MR) is 130 cm³/mol. The van der Waals surface area contributed by atoms with Crippen molar-refractivity contribution in [3.05, 3.63) is 103 Å². The van der Waals surface area contributed by atoms with Gasteiger partial charge in [-0.2, -0.15) is 0 Å². The molecular weight excluding hydrogens is 380 g/mol. The van der Waals surface area contributed by atoms with E-state index in [-0.39, 0.29) is 17.5 Å². The number of aliphatic imine (C=N–C) groups is 1. The van der Waals surface area contributed by atoms with Gasteiger partial charge in [-0.1, -0.05) is 72.8 Å². The molecule has 0 radical (unpaired) electrons. The van der Waals surface area contributed by atoms with Gasteiger partial charge in [0.05, 0.1) is 5.54 Å². The summed E-state index contributed by atoms with van der Waals surface area (Å²) in [5.74, 6) is 1.05. The lowest BCUT2D eigenvalue weighted by atomic mass is 9.77. The highest BCUT2D eigenvalue weighted by atomic mass is 16.5. The summed E-state index contributed by atoms with van der Waals surface area (Å²) in [6, 6.07) is 19.6. The van der Waals surface area contributed by atoms with Crippen molar-refractivity contribution < 1.29 is 4.74 Å². The van der Waals surface area contributed by atoms with Crippen molar-refractivity contribution in [1.82, 2.24) is 4.90 Å². The van der Waals surface area contributed by atoms with Crippen molar-refractivity contribution in [1.29, 1.82) is 0 Å². The maximum Gasteiger partial charge on any atom is 0.217 e. The quantitative estimate of drug-likeness (QED) is 0.507. The van der Waals surface area contributed by atoms with Crippen LogP contribution in [-0.4, -0.2) is 36.0 Å². The summed E-state index contributed by atoms with van der Waals surface area (Å²) < 4.78 is 6.09. The lowest BCUT2D eigenvalue weighted by molar-refractivity contribution is 0.193. The van der Waals surface area contributed by atoms with E-state index in [9.17, 15) is 0 Å². The molecule has 4 rings (SSSR count). The van der Waals surface area contributed by atoms with Crippen LogP contribution >= 0.6 is 0 Å². The molecule has 2 aromatic rings. The van der Waals surface area contributed by atoms with Gasteiger partial charge in [-0.25, -0.2) is 4.99 Å². The lowest BCUT2D eigenvalue weighted by Crippen LogP contribution is -2.37. The first-order chi connectivity index (χ1) is 15.0. The van der Waals surface area contributed by atoms with Gasteiger partial charge >= 0.3 is 0 Å². The first-order valence-corrected chi connectivity index (χ1v) is 11.1. The predicted octanol–water partition coefficient (Wildman–Crippen LogP) is 5.86. The summed E-state index contributed by atoms with van der Waals surface area (Å²) in [6.45, 7) is 14.5. The normalized spacial score (nSPS) is 21.6. The molecule has 0 unspecified atom stereocenters. The Hall–Kier alpha value is -2.91. The molecule has 1 heterocycles. The van der Waals surface area contributed by atoms with Gasteiger partial charge in [0.1, 0.15) is 6.61 Å². The highest BCUT2D eigenvalue weighted by molar-refractivity contribution is 6.21. The van der Waals surface area contributed by atoms with Crippen LogP contribution in [0.3, 0.4) is 0 Å². The minimum Gasteiger partial charge on any atom is -0.475 e. The topological polar surface area (TPSA) is 24.8 Å². The molecule has 0 fully saturated rings. The molecule has 2 aromatic carbocycles. The highest BCUT2D eigenvalue weighted by Gasteiger charge is 2.37. The molecule has 1 aliphatic carbocycles. The van der Waals surface area contributed by atoms with Crippen LogP contribution in [0.5, 0.6) is 0 Å². The van der Waals surface area contributed by atoms with Crippen LogP contribution in [0.15, 0.2) is 91.0 Å². The number of nitrogens with zero attached hydrogens (tertiary/aromatic N) is 2. The van der Waals surface area contributed by atoms with Gasteiger partial charge < -0.3 is 4.74 Å². The Kier molecular flexibility index (Phi) is 6.24. The average molecular weight is 413 g/mol. The van der Waals surface area contributed by atoms with Crippen LogP contribution in [0.25, 0.3) is 5.57 Å². The fourth-order valence-electron chi connectivity index (χ4n) is 4.69. The van der Waals surface area contributed by atoms with E-state index in [1.54, 1.807) is 0 Å². The number of hydrogen-bond acceptors (Lipinski definition) is 3. The van der Waals surface area contributed by atoms with Crippen molar-refractivity contribution in [3.8, 4) is 0 Å². The first kappa shape index (κ1) is 21.3. The zero-order valence-electron chi connectivity index (χ0n) is 18.6. The Bertz CT molecular complexity index is 993. The van der Waals surface area contributed by atoms with E-state index in [0.29, 0.717) is 6.61 Å². The molecule has 2 aliphatic rings. The summed E-state index contributed by atoms with van der Waals surface area (Å²) in [5, 5.41) is 0. The maximum atomic E-state index is 6.09. The molecule has 0 bridgehead atoms. The summed E-state index contributed by atoms with van der Waals surface area (Å²) >= 11 is 0. The fourth-order valence-corrected chi connectivity index (χ4v) is 4.69. The summed E-state index contributed by atoms with van der Waals surface area (Å²) in [5.41, 5.74) is 4.80. The largest absolute Gasteiger partial charge is 0.475 e. The van der Waals surface area contributed by atoms with Crippen LogP contribution in [0.4, 0.5) is 0 Å². The van der Waals surface area contributed by atoms with E-state index in [0.717, 1.165) is 31.0 Å². The zero-order valence-corrected chi connectivity index (χ0v) is 18.6. The Balaban J connectivity index is 1.83. The van der Waals surface area contributed by atoms with Gasteiger partial charge in [0.2, 0.25) is 5.90 Å². The van der Waals surface area contributed by atoms with E-state index in [1.807, 2.05) is 12.2 Å². The van der Waals surface area contributed by atoms with Crippen LogP contribution in [0.2, 0.25) is 0 Å². The number of hydrogen-bond donors (Lipinski definition) is 0.